The minimum absolute atomic E-state index is 0.511. The first kappa shape index (κ1) is 41.4. The average molecular weight is 913 g/mol. The Morgan fingerprint density at radius 2 is 0.943 bits per heavy atom. The second-order valence-electron chi connectivity index (χ2n) is 17.9. The number of aromatic nitrogens is 4. The monoisotopic (exact) mass is 912 g/mol. The van der Waals surface area contributed by atoms with Gasteiger partial charge in [-0.3, -0.25) is 0 Å². The zero-order chi connectivity index (χ0) is 46.4. The van der Waals surface area contributed by atoms with Gasteiger partial charge in [-0.05, 0) is 92.9 Å². The lowest BCUT2D eigenvalue weighted by atomic mass is 9.88. The Bertz CT molecular complexity index is 3980. The van der Waals surface area contributed by atoms with E-state index in [4.69, 9.17) is 15.0 Å². The summed E-state index contributed by atoms with van der Waals surface area (Å²) in [5, 5.41) is 5.12. The second-order valence-corrected chi connectivity index (χ2v) is 19.0. The smallest absolute Gasteiger partial charge is 0.163 e. The molecule has 0 aliphatic rings. The van der Waals surface area contributed by atoms with E-state index in [1.807, 2.05) is 47.7 Å². The van der Waals surface area contributed by atoms with Crippen molar-refractivity contribution < 1.29 is 0 Å². The van der Waals surface area contributed by atoms with Gasteiger partial charge in [0.25, 0.3) is 0 Å². The van der Waals surface area contributed by atoms with Crippen molar-refractivity contribution in [3.05, 3.63) is 265 Å². The maximum absolute atomic E-state index is 5.25. The van der Waals surface area contributed by atoms with Crippen LogP contribution in [0, 0.1) is 0 Å². The fraction of sp³-hybridized carbons (Fsp3) is 0.0308. The van der Waals surface area contributed by atoms with Gasteiger partial charge in [0.1, 0.15) is 5.82 Å². The molecule has 0 amide bonds. The molecular weight excluding hydrogens is 869 g/mol. The molecule has 0 aliphatic heterocycles. The number of para-hydroxylation sites is 2. The van der Waals surface area contributed by atoms with Crippen molar-refractivity contribution in [2.75, 3.05) is 0 Å². The van der Waals surface area contributed by atoms with Crippen molar-refractivity contribution >= 4 is 53.3 Å². The van der Waals surface area contributed by atoms with Crippen LogP contribution >= 0.6 is 11.3 Å². The van der Waals surface area contributed by atoms with Gasteiger partial charge >= 0.3 is 0 Å². The van der Waals surface area contributed by atoms with E-state index in [1.165, 1.54) is 86.5 Å². The van der Waals surface area contributed by atoms with Crippen LogP contribution in [0.4, 0.5) is 0 Å². The first-order valence-corrected chi connectivity index (χ1v) is 24.7. The van der Waals surface area contributed by atoms with Gasteiger partial charge in [-0.15, -0.1) is 11.3 Å². The molecule has 0 radical (unpaired) electrons. The van der Waals surface area contributed by atoms with E-state index < -0.39 is 0 Å². The van der Waals surface area contributed by atoms with Gasteiger partial charge in [-0.1, -0.05) is 206 Å². The van der Waals surface area contributed by atoms with Gasteiger partial charge < -0.3 is 4.57 Å². The van der Waals surface area contributed by atoms with E-state index in [1.54, 1.807) is 0 Å². The molecule has 4 nitrogen and oxygen atoms in total. The Hall–Kier alpha value is -8.77. The molecule has 0 saturated carbocycles. The van der Waals surface area contributed by atoms with Gasteiger partial charge in [0.05, 0.1) is 11.0 Å². The van der Waals surface area contributed by atoms with Gasteiger partial charge in [-0.25, -0.2) is 15.0 Å². The molecule has 0 N–H and O–H groups in total. The van der Waals surface area contributed by atoms with Gasteiger partial charge in [0.15, 0.2) is 11.6 Å². The Morgan fingerprint density at radius 1 is 0.343 bits per heavy atom. The minimum atomic E-state index is 0.511. The molecule has 13 rings (SSSR count). The molecule has 0 fully saturated rings. The van der Waals surface area contributed by atoms with Crippen LogP contribution in [0.3, 0.4) is 0 Å². The van der Waals surface area contributed by atoms with Crippen molar-refractivity contribution in [3.63, 3.8) is 0 Å². The molecule has 10 aromatic carbocycles. The Morgan fingerprint density at radius 3 is 1.64 bits per heavy atom. The minimum Gasteiger partial charge on any atom is -0.309 e. The van der Waals surface area contributed by atoms with Crippen molar-refractivity contribution in [3.8, 4) is 61.8 Å². The number of rotatable bonds is 10. The number of thiophene rings is 1. The van der Waals surface area contributed by atoms with Crippen LogP contribution in [0.25, 0.3) is 104 Å². The molecule has 0 aliphatic carbocycles. The molecule has 0 saturated heterocycles. The molecule has 0 atom stereocenters. The predicted molar refractivity (Wildman–Crippen MR) is 293 cm³/mol. The Labute approximate surface area is 410 Å². The molecule has 70 heavy (non-hydrogen) atoms. The topological polar surface area (TPSA) is 43.6 Å². The molecule has 0 bridgehead atoms. The SMILES string of the molecule is c1ccc(-c2ccc(-c3ccccc3)c(-c3ccc(Cc4cccc5sc6ccc7c8ccccc8n(-c8ccccc8)c7c6c45)c(Cc4nc(-c5ccccc5)nc(-c5ccccc5)n4)c3)c2)cc1. The van der Waals surface area contributed by atoms with Gasteiger partial charge in [0, 0.05) is 54.2 Å². The lowest BCUT2D eigenvalue weighted by molar-refractivity contribution is 0.923. The standard InChI is InChI=1S/C65H44N4S/c1-6-19-43(20-7-1)48-35-36-53(44-21-8-2-9-22-44)56(41-48)49-34-33-47(51(40-49)42-60-66-64(45-23-10-3-11-24-45)68-65(67-60)46-25-12-4-13-26-46)39-50-27-18-32-58-61(50)62-59(70-58)38-37-55-54-30-16-17-31-57(54)69(63(55)62)52-28-14-5-15-29-52/h1-38,40-41H,39,42H2. The highest BCUT2D eigenvalue weighted by atomic mass is 32.1. The van der Waals surface area contributed by atoms with Crippen LogP contribution in [0.2, 0.25) is 0 Å². The average Bonchev–Trinajstić information content (AvgIpc) is 3.99. The highest BCUT2D eigenvalue weighted by Crippen LogP contribution is 2.45. The van der Waals surface area contributed by atoms with Crippen molar-refractivity contribution in [2.24, 2.45) is 0 Å². The summed E-state index contributed by atoms with van der Waals surface area (Å²) in [5.41, 5.74) is 16.3. The number of hydrogen-bond donors (Lipinski definition) is 0. The van der Waals surface area contributed by atoms with Crippen molar-refractivity contribution in [1.82, 2.24) is 19.5 Å². The third-order valence-corrected chi connectivity index (χ3v) is 14.7. The fourth-order valence-electron chi connectivity index (χ4n) is 10.3. The van der Waals surface area contributed by atoms with Gasteiger partial charge in [-0.2, -0.15) is 0 Å². The first-order chi connectivity index (χ1) is 34.7. The summed E-state index contributed by atoms with van der Waals surface area (Å²) in [4.78, 5) is 15.6. The zero-order valence-corrected chi connectivity index (χ0v) is 39.0. The van der Waals surface area contributed by atoms with Crippen molar-refractivity contribution in [2.45, 2.75) is 12.8 Å². The quantitative estimate of drug-likeness (QED) is 0.137. The number of hydrogen-bond acceptors (Lipinski definition) is 4. The van der Waals surface area contributed by atoms with Gasteiger partial charge in [0.2, 0.25) is 0 Å². The van der Waals surface area contributed by atoms with Crippen LogP contribution < -0.4 is 0 Å². The van der Waals surface area contributed by atoms with Crippen LogP contribution in [0.1, 0.15) is 22.5 Å². The fourth-order valence-corrected chi connectivity index (χ4v) is 11.5. The third kappa shape index (κ3) is 7.54. The molecule has 13 aromatic rings. The maximum Gasteiger partial charge on any atom is 0.163 e. The van der Waals surface area contributed by atoms with E-state index in [0.29, 0.717) is 18.1 Å². The normalized spacial score (nSPS) is 11.5. The Kier molecular flexibility index (Phi) is 10.5. The van der Waals surface area contributed by atoms with Crippen molar-refractivity contribution in [1.29, 1.82) is 0 Å². The third-order valence-electron chi connectivity index (χ3n) is 13.6. The summed E-state index contributed by atoms with van der Waals surface area (Å²) in [6, 6.07) is 87.0. The first-order valence-electron chi connectivity index (χ1n) is 23.8. The lowest BCUT2D eigenvalue weighted by Crippen LogP contribution is -2.06. The van der Waals surface area contributed by atoms with E-state index in [2.05, 4.69) is 211 Å². The summed E-state index contributed by atoms with van der Waals surface area (Å²) >= 11 is 1.88. The molecule has 0 unspecified atom stereocenters. The largest absolute Gasteiger partial charge is 0.309 e. The predicted octanol–water partition coefficient (Wildman–Crippen LogP) is 16.9. The Balaban J connectivity index is 1.03. The zero-order valence-electron chi connectivity index (χ0n) is 38.2. The van der Waals surface area contributed by atoms with E-state index in [0.717, 1.165) is 34.6 Å². The molecular formula is C65H44N4S. The van der Waals surface area contributed by atoms with E-state index >= 15 is 0 Å². The lowest BCUT2D eigenvalue weighted by Gasteiger charge is -2.17. The highest BCUT2D eigenvalue weighted by Gasteiger charge is 2.22. The molecule has 5 heteroatoms. The maximum atomic E-state index is 5.25. The number of nitrogens with zero attached hydrogens (tertiary/aromatic N) is 4. The van der Waals surface area contributed by atoms with Crippen LogP contribution in [0.5, 0.6) is 0 Å². The molecule has 330 valence electrons. The second kappa shape index (κ2) is 17.7. The van der Waals surface area contributed by atoms with Crippen LogP contribution in [-0.2, 0) is 12.8 Å². The molecule has 0 spiro atoms. The summed E-state index contributed by atoms with van der Waals surface area (Å²) < 4.78 is 5.04. The summed E-state index contributed by atoms with van der Waals surface area (Å²) in [6.07, 6.45) is 1.23. The summed E-state index contributed by atoms with van der Waals surface area (Å²) in [7, 11) is 0. The van der Waals surface area contributed by atoms with Crippen LogP contribution in [-0.4, -0.2) is 19.5 Å². The number of fused-ring (bicyclic) bond motifs is 7. The van der Waals surface area contributed by atoms with E-state index in [9.17, 15) is 0 Å². The van der Waals surface area contributed by atoms with E-state index in [-0.39, 0.29) is 0 Å². The number of benzene rings is 10. The summed E-state index contributed by atoms with van der Waals surface area (Å²) in [6.45, 7) is 0. The molecule has 3 heterocycles. The highest BCUT2D eigenvalue weighted by molar-refractivity contribution is 7.26. The van der Waals surface area contributed by atoms with Crippen LogP contribution in [0.15, 0.2) is 243 Å². The summed E-state index contributed by atoms with van der Waals surface area (Å²) in [5.74, 6) is 2.05. The molecule has 3 aromatic heterocycles.